The van der Waals surface area contributed by atoms with E-state index in [9.17, 15) is 5.11 Å². The lowest BCUT2D eigenvalue weighted by atomic mass is 10.3. The minimum atomic E-state index is -0.477. The van der Waals surface area contributed by atoms with Crippen LogP contribution in [-0.4, -0.2) is 31.0 Å². The van der Waals surface area contributed by atoms with Gasteiger partial charge in [0.15, 0.2) is 0 Å². The van der Waals surface area contributed by atoms with Crippen LogP contribution in [0.3, 0.4) is 0 Å². The fraction of sp³-hybridized carbons (Fsp3) is 0.538. The van der Waals surface area contributed by atoms with Gasteiger partial charge in [0.2, 0.25) is 0 Å². The molecule has 3 nitrogen and oxygen atoms in total. The van der Waals surface area contributed by atoms with E-state index in [2.05, 4.69) is 27.9 Å². The van der Waals surface area contributed by atoms with Crippen LogP contribution in [0.25, 0.3) is 0 Å². The molecule has 0 bridgehead atoms. The Kier molecular flexibility index (Phi) is 5.54. The summed E-state index contributed by atoms with van der Waals surface area (Å²) >= 11 is 8.10. The van der Waals surface area contributed by atoms with Crippen LogP contribution in [-0.2, 0) is 4.74 Å². The molecule has 0 aliphatic heterocycles. The lowest BCUT2D eigenvalue weighted by Gasteiger charge is -2.14. The highest BCUT2D eigenvalue weighted by Gasteiger charge is 2.21. The maximum atomic E-state index is 9.77. The van der Waals surface area contributed by atoms with E-state index in [0.717, 1.165) is 26.8 Å². The van der Waals surface area contributed by atoms with Gasteiger partial charge in [-0.05, 0) is 59.5 Å². The molecule has 1 fully saturated rings. The van der Waals surface area contributed by atoms with Crippen LogP contribution in [0.2, 0.25) is 5.02 Å². The number of anilines is 1. The Morgan fingerprint density at radius 1 is 1.50 bits per heavy atom. The molecule has 0 aromatic heterocycles. The minimum Gasteiger partial charge on any atom is -0.389 e. The molecule has 1 atom stereocenters. The maximum absolute atomic E-state index is 9.77. The van der Waals surface area contributed by atoms with E-state index < -0.39 is 6.10 Å². The predicted molar refractivity (Wildman–Crippen MR) is 82.2 cm³/mol. The molecule has 0 radical (unpaired) electrons. The Balaban J connectivity index is 1.68. The summed E-state index contributed by atoms with van der Waals surface area (Å²) in [5.74, 6) is 0.738. The van der Waals surface area contributed by atoms with Gasteiger partial charge in [-0.15, -0.1) is 0 Å². The Bertz CT molecular complexity index is 399. The summed E-state index contributed by atoms with van der Waals surface area (Å²) in [5.41, 5.74) is 0.987. The lowest BCUT2D eigenvalue weighted by molar-refractivity contribution is 0.0386. The predicted octanol–water partition coefficient (Wildman–Crippen LogP) is 3.14. The van der Waals surface area contributed by atoms with Crippen LogP contribution < -0.4 is 5.32 Å². The van der Waals surface area contributed by atoms with Gasteiger partial charge in [-0.25, -0.2) is 0 Å². The average molecular weight is 382 g/mol. The molecule has 0 spiro atoms. The number of nitrogens with one attached hydrogen (secondary N) is 1. The van der Waals surface area contributed by atoms with Crippen LogP contribution in [0.4, 0.5) is 5.69 Å². The first-order chi connectivity index (χ1) is 8.65. The highest BCUT2D eigenvalue weighted by atomic mass is 127. The van der Waals surface area contributed by atoms with Crippen molar-refractivity contribution in [3.05, 3.63) is 26.8 Å². The first-order valence-corrected chi connectivity index (χ1v) is 7.55. The molecule has 1 aliphatic rings. The molecule has 18 heavy (non-hydrogen) atoms. The van der Waals surface area contributed by atoms with E-state index in [4.69, 9.17) is 16.3 Å². The SMILES string of the molecule is OC(CNc1ccc(Cl)cc1I)COCC1CC1. The van der Waals surface area contributed by atoms with Gasteiger partial charge in [0.25, 0.3) is 0 Å². The maximum Gasteiger partial charge on any atom is 0.0945 e. The lowest BCUT2D eigenvalue weighted by Crippen LogP contribution is -2.25. The summed E-state index contributed by atoms with van der Waals surface area (Å²) in [6, 6.07) is 5.64. The van der Waals surface area contributed by atoms with Gasteiger partial charge in [-0.2, -0.15) is 0 Å². The Hall–Kier alpha value is -0.0400. The van der Waals surface area contributed by atoms with Crippen molar-refractivity contribution < 1.29 is 9.84 Å². The van der Waals surface area contributed by atoms with Crippen molar-refractivity contribution in [3.8, 4) is 0 Å². The van der Waals surface area contributed by atoms with Crippen molar-refractivity contribution in [2.24, 2.45) is 5.92 Å². The summed E-state index contributed by atoms with van der Waals surface area (Å²) in [7, 11) is 0. The topological polar surface area (TPSA) is 41.5 Å². The standard InChI is InChI=1S/C13H17ClINO2/c14-10-3-4-13(12(15)5-10)16-6-11(17)8-18-7-9-1-2-9/h3-5,9,11,16-17H,1-2,6-8H2. The summed E-state index contributed by atoms with van der Waals surface area (Å²) < 4.78 is 6.49. The Morgan fingerprint density at radius 2 is 2.28 bits per heavy atom. The number of benzene rings is 1. The molecule has 2 rings (SSSR count). The zero-order valence-corrected chi connectivity index (χ0v) is 12.9. The summed E-state index contributed by atoms with van der Waals surface area (Å²) in [4.78, 5) is 0. The Labute approximate surface area is 126 Å². The van der Waals surface area contributed by atoms with Crippen molar-refractivity contribution >= 4 is 39.9 Å². The molecule has 2 N–H and O–H groups in total. The van der Waals surface area contributed by atoms with Gasteiger partial charge in [-0.1, -0.05) is 11.6 Å². The fourth-order valence-corrected chi connectivity index (χ4v) is 2.64. The van der Waals surface area contributed by atoms with Gasteiger partial charge < -0.3 is 15.2 Å². The normalized spacial score (nSPS) is 16.6. The van der Waals surface area contributed by atoms with Crippen LogP contribution in [0.1, 0.15) is 12.8 Å². The molecule has 100 valence electrons. The van der Waals surface area contributed by atoms with E-state index in [-0.39, 0.29) is 0 Å². The molecule has 1 aromatic carbocycles. The number of halogens is 2. The summed E-state index contributed by atoms with van der Waals surface area (Å²) in [5, 5.41) is 13.7. The summed E-state index contributed by atoms with van der Waals surface area (Å²) in [6.45, 7) is 1.67. The number of aliphatic hydroxyl groups excluding tert-OH is 1. The number of hydrogen-bond acceptors (Lipinski definition) is 3. The summed E-state index contributed by atoms with van der Waals surface area (Å²) in [6.07, 6.45) is 2.07. The average Bonchev–Trinajstić information content (AvgIpc) is 3.12. The van der Waals surface area contributed by atoms with Crippen molar-refractivity contribution in [3.63, 3.8) is 0 Å². The van der Waals surface area contributed by atoms with Crippen LogP contribution in [0, 0.1) is 9.49 Å². The number of rotatable bonds is 7. The van der Waals surface area contributed by atoms with Crippen molar-refractivity contribution in [1.29, 1.82) is 0 Å². The highest BCUT2D eigenvalue weighted by Crippen LogP contribution is 2.28. The highest BCUT2D eigenvalue weighted by molar-refractivity contribution is 14.1. The monoisotopic (exact) mass is 381 g/mol. The third kappa shape index (κ3) is 4.91. The molecule has 0 amide bonds. The number of ether oxygens (including phenoxy) is 1. The Morgan fingerprint density at radius 3 is 2.94 bits per heavy atom. The third-order valence-corrected chi connectivity index (χ3v) is 3.95. The van der Waals surface area contributed by atoms with E-state index in [0.29, 0.717) is 13.2 Å². The van der Waals surface area contributed by atoms with Crippen LogP contribution in [0.5, 0.6) is 0 Å². The molecule has 1 unspecified atom stereocenters. The zero-order chi connectivity index (χ0) is 13.0. The van der Waals surface area contributed by atoms with Gasteiger partial charge in [0, 0.05) is 27.4 Å². The van der Waals surface area contributed by atoms with Crippen LogP contribution in [0.15, 0.2) is 18.2 Å². The smallest absolute Gasteiger partial charge is 0.0945 e. The largest absolute Gasteiger partial charge is 0.389 e. The molecule has 1 aliphatic carbocycles. The quantitative estimate of drug-likeness (QED) is 0.713. The van der Waals surface area contributed by atoms with E-state index in [1.165, 1.54) is 12.8 Å². The molecule has 0 heterocycles. The third-order valence-electron chi connectivity index (χ3n) is 2.82. The second-order valence-electron chi connectivity index (χ2n) is 4.64. The zero-order valence-electron chi connectivity index (χ0n) is 10.0. The van der Waals surface area contributed by atoms with Crippen molar-refractivity contribution in [1.82, 2.24) is 0 Å². The first-order valence-electron chi connectivity index (χ1n) is 6.10. The molecular weight excluding hydrogens is 365 g/mol. The van der Waals surface area contributed by atoms with E-state index in [1.807, 2.05) is 18.2 Å². The number of aliphatic hydroxyl groups is 1. The minimum absolute atomic E-state index is 0.396. The molecule has 5 heteroatoms. The van der Waals surface area contributed by atoms with Gasteiger partial charge in [-0.3, -0.25) is 0 Å². The van der Waals surface area contributed by atoms with E-state index >= 15 is 0 Å². The van der Waals surface area contributed by atoms with Crippen molar-refractivity contribution in [2.75, 3.05) is 25.1 Å². The second kappa shape index (κ2) is 6.93. The van der Waals surface area contributed by atoms with Gasteiger partial charge in [0.05, 0.1) is 12.7 Å². The number of hydrogen-bond donors (Lipinski definition) is 2. The first kappa shape index (κ1) is 14.4. The molecular formula is C13H17ClINO2. The fourth-order valence-electron chi connectivity index (χ4n) is 1.57. The molecule has 1 saturated carbocycles. The second-order valence-corrected chi connectivity index (χ2v) is 6.24. The van der Waals surface area contributed by atoms with E-state index in [1.54, 1.807) is 0 Å². The van der Waals surface area contributed by atoms with Gasteiger partial charge in [0.1, 0.15) is 0 Å². The van der Waals surface area contributed by atoms with Crippen molar-refractivity contribution in [2.45, 2.75) is 18.9 Å². The van der Waals surface area contributed by atoms with Crippen LogP contribution >= 0.6 is 34.2 Å². The van der Waals surface area contributed by atoms with Gasteiger partial charge >= 0.3 is 0 Å². The molecule has 0 saturated heterocycles. The molecule has 1 aromatic rings.